The van der Waals surface area contributed by atoms with E-state index in [0.29, 0.717) is 12.1 Å². The first kappa shape index (κ1) is 14.0. The third-order valence-corrected chi connectivity index (χ3v) is 2.83. The first-order valence-corrected chi connectivity index (χ1v) is 6.41. The fourth-order valence-electron chi connectivity index (χ4n) is 2.05. The van der Waals surface area contributed by atoms with Gasteiger partial charge in [0.2, 0.25) is 0 Å². The van der Waals surface area contributed by atoms with Gasteiger partial charge in [0.05, 0.1) is 5.56 Å². The Labute approximate surface area is 116 Å². The zero-order valence-electron chi connectivity index (χ0n) is 11.5. The number of aliphatic carboxylic acids is 1. The van der Waals surface area contributed by atoms with Crippen LogP contribution in [0.15, 0.2) is 30.7 Å². The van der Waals surface area contributed by atoms with Gasteiger partial charge in [-0.2, -0.15) is 0 Å². The molecule has 0 bridgehead atoms. The van der Waals surface area contributed by atoms with Crippen molar-refractivity contribution in [1.29, 1.82) is 0 Å². The average Bonchev–Trinajstić information content (AvgIpc) is 2.83. The van der Waals surface area contributed by atoms with Crippen LogP contribution in [0.5, 0.6) is 0 Å². The molecule has 1 N–H and O–H groups in total. The van der Waals surface area contributed by atoms with Crippen molar-refractivity contribution in [3.63, 3.8) is 0 Å². The lowest BCUT2D eigenvalue weighted by atomic mass is 10.1. The Balaban J connectivity index is 2.26. The first-order chi connectivity index (χ1) is 9.47. The molecule has 0 radical (unpaired) electrons. The van der Waals surface area contributed by atoms with Gasteiger partial charge in [-0.15, -0.1) is 0 Å². The summed E-state index contributed by atoms with van der Waals surface area (Å²) in [4.78, 5) is 28.8. The maximum absolute atomic E-state index is 12.4. The number of hydrogen-bond donors (Lipinski definition) is 1. The van der Waals surface area contributed by atoms with Crippen molar-refractivity contribution >= 4 is 17.5 Å². The molecule has 2 heterocycles. The van der Waals surface area contributed by atoms with Gasteiger partial charge in [-0.25, -0.2) is 4.98 Å². The molecule has 0 aliphatic rings. The van der Waals surface area contributed by atoms with Crippen LogP contribution in [0.4, 0.5) is 0 Å². The number of aromatic nitrogens is 2. The van der Waals surface area contributed by atoms with Gasteiger partial charge in [-0.1, -0.05) is 13.8 Å². The van der Waals surface area contributed by atoms with Crippen molar-refractivity contribution in [2.24, 2.45) is 5.92 Å². The lowest BCUT2D eigenvalue weighted by molar-refractivity contribution is -0.137. The second-order valence-corrected chi connectivity index (χ2v) is 5.08. The number of amides is 1. The molecule has 0 aliphatic carbocycles. The van der Waals surface area contributed by atoms with Crippen molar-refractivity contribution in [3.05, 3.63) is 36.3 Å². The number of carbonyl (C=O) groups is 2. The second-order valence-electron chi connectivity index (χ2n) is 5.08. The molecule has 2 rings (SSSR count). The van der Waals surface area contributed by atoms with Crippen LogP contribution in [0, 0.1) is 5.92 Å². The van der Waals surface area contributed by atoms with E-state index in [1.165, 1.54) is 4.90 Å². The topological polar surface area (TPSA) is 74.9 Å². The molecule has 2 aromatic heterocycles. The first-order valence-electron chi connectivity index (χ1n) is 6.41. The van der Waals surface area contributed by atoms with Crippen LogP contribution in [0.1, 0.15) is 24.2 Å². The summed E-state index contributed by atoms with van der Waals surface area (Å²) in [5.74, 6) is -1.09. The Hall–Kier alpha value is -2.37. The Bertz CT molecular complexity index is 633. The molecule has 0 aromatic carbocycles. The molecule has 0 atom stereocenters. The minimum atomic E-state index is -1.01. The Morgan fingerprint density at radius 2 is 2.15 bits per heavy atom. The molecule has 0 unspecified atom stereocenters. The van der Waals surface area contributed by atoms with E-state index < -0.39 is 5.97 Å². The van der Waals surface area contributed by atoms with E-state index in [0.717, 1.165) is 5.65 Å². The Morgan fingerprint density at radius 1 is 1.40 bits per heavy atom. The zero-order valence-corrected chi connectivity index (χ0v) is 11.5. The largest absolute Gasteiger partial charge is 0.480 e. The quantitative estimate of drug-likeness (QED) is 0.897. The molecule has 0 fully saturated rings. The van der Waals surface area contributed by atoms with E-state index in [9.17, 15) is 9.59 Å². The van der Waals surface area contributed by atoms with E-state index in [1.54, 1.807) is 35.1 Å². The van der Waals surface area contributed by atoms with Crippen LogP contribution in [-0.2, 0) is 4.79 Å². The molecule has 1 amide bonds. The highest BCUT2D eigenvalue weighted by molar-refractivity contribution is 5.95. The van der Waals surface area contributed by atoms with Gasteiger partial charge in [0.15, 0.2) is 0 Å². The molecule has 0 aliphatic heterocycles. The van der Waals surface area contributed by atoms with Gasteiger partial charge in [0.1, 0.15) is 12.2 Å². The molecular weight excluding hydrogens is 258 g/mol. The summed E-state index contributed by atoms with van der Waals surface area (Å²) < 4.78 is 1.74. The van der Waals surface area contributed by atoms with Crippen LogP contribution >= 0.6 is 0 Å². The lowest BCUT2D eigenvalue weighted by Crippen LogP contribution is -2.38. The number of rotatable bonds is 5. The van der Waals surface area contributed by atoms with Crippen LogP contribution in [0.2, 0.25) is 0 Å². The van der Waals surface area contributed by atoms with E-state index in [-0.39, 0.29) is 18.4 Å². The third-order valence-electron chi connectivity index (χ3n) is 2.83. The monoisotopic (exact) mass is 275 g/mol. The van der Waals surface area contributed by atoms with Crippen molar-refractivity contribution in [1.82, 2.24) is 14.3 Å². The standard InChI is InChI=1S/C14H17N3O3/c1-10(2)7-17(9-13(18)19)14(20)11-3-4-12-15-5-6-16(12)8-11/h3-6,8,10H,7,9H2,1-2H3,(H,18,19). The number of pyridine rings is 1. The van der Waals surface area contributed by atoms with Gasteiger partial charge >= 0.3 is 5.97 Å². The number of hydrogen-bond acceptors (Lipinski definition) is 3. The molecule has 2 aromatic rings. The fraction of sp³-hybridized carbons (Fsp3) is 0.357. The highest BCUT2D eigenvalue weighted by atomic mass is 16.4. The molecule has 20 heavy (non-hydrogen) atoms. The lowest BCUT2D eigenvalue weighted by Gasteiger charge is -2.22. The van der Waals surface area contributed by atoms with Crippen LogP contribution < -0.4 is 0 Å². The molecule has 106 valence electrons. The molecule has 0 saturated carbocycles. The number of nitrogens with zero attached hydrogens (tertiary/aromatic N) is 3. The van der Waals surface area contributed by atoms with Gasteiger partial charge in [-0.3, -0.25) is 9.59 Å². The van der Waals surface area contributed by atoms with E-state index >= 15 is 0 Å². The number of carboxylic acid groups (broad SMARTS) is 1. The highest BCUT2D eigenvalue weighted by Gasteiger charge is 2.19. The van der Waals surface area contributed by atoms with Gasteiger partial charge in [-0.05, 0) is 18.1 Å². The summed E-state index contributed by atoms with van der Waals surface area (Å²) in [7, 11) is 0. The van der Waals surface area contributed by atoms with Crippen molar-refractivity contribution < 1.29 is 14.7 Å². The van der Waals surface area contributed by atoms with E-state index in [1.807, 2.05) is 13.8 Å². The Kier molecular flexibility index (Phi) is 4.02. The number of imidazole rings is 1. The molecule has 0 saturated heterocycles. The number of carboxylic acids is 1. The maximum atomic E-state index is 12.4. The molecule has 6 nitrogen and oxygen atoms in total. The number of fused-ring (bicyclic) bond motifs is 1. The smallest absolute Gasteiger partial charge is 0.323 e. The normalized spacial score (nSPS) is 10.9. The third kappa shape index (κ3) is 3.14. The summed E-state index contributed by atoms with van der Waals surface area (Å²) >= 11 is 0. The van der Waals surface area contributed by atoms with Crippen LogP contribution in [0.25, 0.3) is 5.65 Å². The van der Waals surface area contributed by atoms with Crippen molar-refractivity contribution in [3.8, 4) is 0 Å². The summed E-state index contributed by atoms with van der Waals surface area (Å²) in [6.07, 6.45) is 5.06. The minimum Gasteiger partial charge on any atom is -0.480 e. The second kappa shape index (κ2) is 5.73. The zero-order chi connectivity index (χ0) is 14.7. The summed E-state index contributed by atoms with van der Waals surface area (Å²) in [5.41, 5.74) is 1.20. The predicted octanol–water partition coefficient (Wildman–Crippen LogP) is 1.52. The van der Waals surface area contributed by atoms with Crippen LogP contribution in [0.3, 0.4) is 0 Å². The predicted molar refractivity (Wildman–Crippen MR) is 73.6 cm³/mol. The van der Waals surface area contributed by atoms with Gasteiger partial charge in [0.25, 0.3) is 5.91 Å². The SMILES string of the molecule is CC(C)CN(CC(=O)O)C(=O)c1ccc2nccn2c1. The van der Waals surface area contributed by atoms with Crippen LogP contribution in [-0.4, -0.2) is 44.4 Å². The highest BCUT2D eigenvalue weighted by Crippen LogP contribution is 2.10. The molecular formula is C14H17N3O3. The van der Waals surface area contributed by atoms with E-state index in [4.69, 9.17) is 5.11 Å². The Morgan fingerprint density at radius 3 is 2.80 bits per heavy atom. The van der Waals surface area contributed by atoms with Gasteiger partial charge < -0.3 is 14.4 Å². The maximum Gasteiger partial charge on any atom is 0.323 e. The summed E-state index contributed by atoms with van der Waals surface area (Å²) in [6.45, 7) is 4.01. The molecule has 0 spiro atoms. The molecule has 6 heteroatoms. The number of carbonyl (C=O) groups excluding carboxylic acids is 1. The van der Waals surface area contributed by atoms with Gasteiger partial charge in [0, 0.05) is 25.1 Å². The minimum absolute atomic E-state index is 0.204. The average molecular weight is 275 g/mol. The van der Waals surface area contributed by atoms with E-state index in [2.05, 4.69) is 4.98 Å². The van der Waals surface area contributed by atoms with Crippen molar-refractivity contribution in [2.75, 3.05) is 13.1 Å². The summed E-state index contributed by atoms with van der Waals surface area (Å²) in [5, 5.41) is 8.92. The summed E-state index contributed by atoms with van der Waals surface area (Å²) in [6, 6.07) is 3.40. The van der Waals surface area contributed by atoms with Crippen molar-refractivity contribution in [2.45, 2.75) is 13.8 Å². The fourth-order valence-corrected chi connectivity index (χ4v) is 2.05.